The number of nitrogens with zero attached hydrogens (tertiary/aromatic N) is 2. The molecule has 0 bridgehead atoms. The summed E-state index contributed by atoms with van der Waals surface area (Å²) in [7, 11) is 0. The lowest BCUT2D eigenvalue weighted by Gasteiger charge is -2.19. The van der Waals surface area contributed by atoms with Gasteiger partial charge in [-0.1, -0.05) is 13.8 Å². The van der Waals surface area contributed by atoms with Crippen LogP contribution >= 0.6 is 0 Å². The molecule has 0 aromatic carbocycles. The Morgan fingerprint density at radius 3 is 2.92 bits per heavy atom. The number of hydrogen-bond donors (Lipinski definition) is 0. The van der Waals surface area contributed by atoms with Crippen LogP contribution in [0.3, 0.4) is 0 Å². The maximum Gasteiger partial charge on any atom is 0.0978 e. The van der Waals surface area contributed by atoms with Crippen molar-refractivity contribution in [2.75, 3.05) is 13.1 Å². The quantitative estimate of drug-likeness (QED) is 0.641. The Morgan fingerprint density at radius 1 is 1.58 bits per heavy atom. The first-order valence-corrected chi connectivity index (χ1v) is 4.87. The average Bonchev–Trinajstić information content (AvgIpc) is 2.47. The summed E-state index contributed by atoms with van der Waals surface area (Å²) in [6, 6.07) is 2.58. The Kier molecular flexibility index (Phi) is 3.55. The van der Waals surface area contributed by atoms with Gasteiger partial charge in [0, 0.05) is 0 Å². The fourth-order valence-electron chi connectivity index (χ4n) is 1.66. The van der Waals surface area contributed by atoms with Gasteiger partial charge in [-0.3, -0.25) is 4.90 Å². The van der Waals surface area contributed by atoms with E-state index in [1.54, 1.807) is 0 Å². The van der Waals surface area contributed by atoms with E-state index in [-0.39, 0.29) is 6.04 Å². The lowest BCUT2D eigenvalue weighted by molar-refractivity contribution is 0.276. The second-order valence-electron chi connectivity index (χ2n) is 4.01. The van der Waals surface area contributed by atoms with Crippen molar-refractivity contribution in [3.05, 3.63) is 0 Å². The number of rotatable bonds is 3. The highest BCUT2D eigenvalue weighted by Crippen LogP contribution is 2.17. The van der Waals surface area contributed by atoms with Crippen LogP contribution in [0.4, 0.5) is 0 Å². The number of likely N-dealkylation sites (tertiary alicyclic amines) is 1. The smallest absolute Gasteiger partial charge is 0.0978 e. The molecule has 1 heterocycles. The van der Waals surface area contributed by atoms with Crippen LogP contribution in [0.1, 0.15) is 33.1 Å². The van der Waals surface area contributed by atoms with Gasteiger partial charge in [0.15, 0.2) is 0 Å². The summed E-state index contributed by atoms with van der Waals surface area (Å²) in [6.45, 7) is 6.70. The van der Waals surface area contributed by atoms with Crippen LogP contribution in [0.5, 0.6) is 0 Å². The highest BCUT2D eigenvalue weighted by atomic mass is 15.2. The van der Waals surface area contributed by atoms with E-state index in [1.165, 1.54) is 12.8 Å². The zero-order chi connectivity index (χ0) is 8.97. The van der Waals surface area contributed by atoms with E-state index in [9.17, 15) is 0 Å². The third kappa shape index (κ3) is 2.49. The van der Waals surface area contributed by atoms with Gasteiger partial charge < -0.3 is 0 Å². The molecule has 1 saturated heterocycles. The van der Waals surface area contributed by atoms with Crippen LogP contribution in [-0.4, -0.2) is 24.0 Å². The third-order valence-corrected chi connectivity index (χ3v) is 2.51. The summed E-state index contributed by atoms with van der Waals surface area (Å²) in [5.41, 5.74) is 0. The molecule has 0 N–H and O–H groups in total. The maximum absolute atomic E-state index is 8.81. The molecule has 1 rings (SSSR count). The van der Waals surface area contributed by atoms with Gasteiger partial charge in [0.2, 0.25) is 0 Å². The molecule has 0 aromatic rings. The molecule has 1 aliphatic heterocycles. The molecule has 0 aromatic heterocycles. The molecule has 1 aliphatic rings. The fraction of sp³-hybridized carbons (Fsp3) is 0.900. The number of nitriles is 1. The highest BCUT2D eigenvalue weighted by Gasteiger charge is 2.23. The molecular formula is C10H18N2. The molecule has 12 heavy (non-hydrogen) atoms. The van der Waals surface area contributed by atoms with Crippen LogP contribution in [0, 0.1) is 17.2 Å². The van der Waals surface area contributed by atoms with Gasteiger partial charge in [-0.2, -0.15) is 5.26 Å². The van der Waals surface area contributed by atoms with Crippen LogP contribution in [0.25, 0.3) is 0 Å². The topological polar surface area (TPSA) is 27.0 Å². The largest absolute Gasteiger partial charge is 0.288 e. The van der Waals surface area contributed by atoms with Crippen molar-refractivity contribution in [1.29, 1.82) is 5.26 Å². The summed E-state index contributed by atoms with van der Waals surface area (Å²) >= 11 is 0. The van der Waals surface area contributed by atoms with Gasteiger partial charge in [-0.05, 0) is 38.3 Å². The van der Waals surface area contributed by atoms with Crippen molar-refractivity contribution in [1.82, 2.24) is 4.90 Å². The first-order valence-electron chi connectivity index (χ1n) is 4.87. The maximum atomic E-state index is 8.81. The molecule has 0 amide bonds. The van der Waals surface area contributed by atoms with Crippen molar-refractivity contribution in [2.45, 2.75) is 39.2 Å². The van der Waals surface area contributed by atoms with Crippen LogP contribution in [-0.2, 0) is 0 Å². The first kappa shape index (κ1) is 9.54. The lowest BCUT2D eigenvalue weighted by atomic mass is 10.1. The predicted octanol–water partition coefficient (Wildman–Crippen LogP) is 2.02. The Balaban J connectivity index is 2.27. The summed E-state index contributed by atoms with van der Waals surface area (Å²) in [4.78, 5) is 2.32. The second kappa shape index (κ2) is 4.47. The normalized spacial score (nSPS) is 24.7. The van der Waals surface area contributed by atoms with E-state index in [2.05, 4.69) is 24.8 Å². The van der Waals surface area contributed by atoms with Gasteiger partial charge in [0.25, 0.3) is 0 Å². The standard InChI is InChI=1S/C10H18N2/c1-9(2)5-7-12-6-3-4-10(12)8-11/h9-10H,3-7H2,1-2H3. The van der Waals surface area contributed by atoms with Crippen molar-refractivity contribution in [3.63, 3.8) is 0 Å². The summed E-state index contributed by atoms with van der Waals surface area (Å²) in [6.07, 6.45) is 3.50. The summed E-state index contributed by atoms with van der Waals surface area (Å²) in [5, 5.41) is 8.81. The molecular weight excluding hydrogens is 148 g/mol. The van der Waals surface area contributed by atoms with Gasteiger partial charge >= 0.3 is 0 Å². The van der Waals surface area contributed by atoms with E-state index in [0.717, 1.165) is 25.4 Å². The Hall–Kier alpha value is -0.550. The minimum atomic E-state index is 0.212. The molecule has 1 fully saturated rings. The average molecular weight is 166 g/mol. The predicted molar refractivity (Wildman–Crippen MR) is 49.7 cm³/mol. The Bertz CT molecular complexity index is 169. The molecule has 1 atom stereocenters. The SMILES string of the molecule is CC(C)CCN1CCCC1C#N. The van der Waals surface area contributed by atoms with Gasteiger partial charge in [0.05, 0.1) is 12.1 Å². The van der Waals surface area contributed by atoms with Gasteiger partial charge in [-0.25, -0.2) is 0 Å². The molecule has 68 valence electrons. The fourth-order valence-corrected chi connectivity index (χ4v) is 1.66. The minimum Gasteiger partial charge on any atom is -0.288 e. The number of hydrogen-bond acceptors (Lipinski definition) is 2. The zero-order valence-corrected chi connectivity index (χ0v) is 8.08. The van der Waals surface area contributed by atoms with Gasteiger partial charge in [-0.15, -0.1) is 0 Å². The zero-order valence-electron chi connectivity index (χ0n) is 8.08. The van der Waals surface area contributed by atoms with Gasteiger partial charge in [0.1, 0.15) is 0 Å². The van der Waals surface area contributed by atoms with Crippen LogP contribution in [0.15, 0.2) is 0 Å². The van der Waals surface area contributed by atoms with Crippen molar-refractivity contribution >= 4 is 0 Å². The molecule has 0 radical (unpaired) electrons. The summed E-state index contributed by atoms with van der Waals surface area (Å²) in [5.74, 6) is 0.755. The highest BCUT2D eigenvalue weighted by molar-refractivity contribution is 4.95. The minimum absolute atomic E-state index is 0.212. The monoisotopic (exact) mass is 166 g/mol. The lowest BCUT2D eigenvalue weighted by Crippen LogP contribution is -2.29. The van der Waals surface area contributed by atoms with E-state index in [1.807, 2.05) is 0 Å². The van der Waals surface area contributed by atoms with Crippen molar-refractivity contribution in [2.24, 2.45) is 5.92 Å². The van der Waals surface area contributed by atoms with E-state index < -0.39 is 0 Å². The Morgan fingerprint density at radius 2 is 2.33 bits per heavy atom. The summed E-state index contributed by atoms with van der Waals surface area (Å²) < 4.78 is 0. The molecule has 1 unspecified atom stereocenters. The third-order valence-electron chi connectivity index (χ3n) is 2.51. The van der Waals surface area contributed by atoms with E-state index in [0.29, 0.717) is 0 Å². The van der Waals surface area contributed by atoms with E-state index in [4.69, 9.17) is 5.26 Å². The first-order chi connectivity index (χ1) is 5.74. The molecule has 2 heteroatoms. The van der Waals surface area contributed by atoms with Crippen LogP contribution < -0.4 is 0 Å². The molecule has 2 nitrogen and oxygen atoms in total. The van der Waals surface area contributed by atoms with Crippen LogP contribution in [0.2, 0.25) is 0 Å². The second-order valence-corrected chi connectivity index (χ2v) is 4.01. The molecule has 0 aliphatic carbocycles. The van der Waals surface area contributed by atoms with Crippen molar-refractivity contribution < 1.29 is 0 Å². The molecule has 0 spiro atoms. The Labute approximate surface area is 75.2 Å². The molecule has 0 saturated carbocycles. The van der Waals surface area contributed by atoms with Crippen molar-refractivity contribution in [3.8, 4) is 6.07 Å². The van der Waals surface area contributed by atoms with E-state index >= 15 is 0 Å².